The van der Waals surface area contributed by atoms with Crippen molar-refractivity contribution in [3.8, 4) is 0 Å². The highest BCUT2D eigenvalue weighted by Crippen LogP contribution is 2.16. The first kappa shape index (κ1) is 13.2. The van der Waals surface area contributed by atoms with E-state index in [4.69, 9.17) is 5.11 Å². The van der Waals surface area contributed by atoms with Gasteiger partial charge in [-0.2, -0.15) is 0 Å². The van der Waals surface area contributed by atoms with E-state index in [0.29, 0.717) is 11.4 Å². The highest BCUT2D eigenvalue weighted by Gasteiger charge is 2.12. The number of aromatic carboxylic acids is 1. The van der Waals surface area contributed by atoms with Crippen LogP contribution in [-0.4, -0.2) is 22.0 Å². The molecule has 0 atom stereocenters. The van der Waals surface area contributed by atoms with E-state index >= 15 is 0 Å². The molecule has 0 spiro atoms. The van der Waals surface area contributed by atoms with Crippen molar-refractivity contribution in [2.45, 2.75) is 13.5 Å². The number of carboxylic acid groups (broad SMARTS) is 1. The van der Waals surface area contributed by atoms with Gasteiger partial charge in [-0.05, 0) is 30.7 Å². The van der Waals surface area contributed by atoms with Gasteiger partial charge in [0.15, 0.2) is 0 Å². The van der Waals surface area contributed by atoms with Crippen LogP contribution in [0.2, 0.25) is 0 Å². The van der Waals surface area contributed by atoms with E-state index in [1.54, 1.807) is 6.20 Å². The molecule has 5 nitrogen and oxygen atoms in total. The van der Waals surface area contributed by atoms with Crippen LogP contribution < -0.4 is 5.32 Å². The topological polar surface area (TPSA) is 79.3 Å². The number of thiophene rings is 1. The van der Waals surface area contributed by atoms with Crippen LogP contribution in [-0.2, 0) is 6.54 Å². The van der Waals surface area contributed by atoms with Gasteiger partial charge in [-0.25, -0.2) is 4.79 Å². The average molecular weight is 276 g/mol. The molecule has 0 aliphatic rings. The predicted octanol–water partition coefficient (Wildman–Crippen LogP) is 2.08. The van der Waals surface area contributed by atoms with Crippen molar-refractivity contribution in [2.75, 3.05) is 0 Å². The Morgan fingerprint density at radius 1 is 1.32 bits per heavy atom. The Labute approximate surface area is 113 Å². The maximum Gasteiger partial charge on any atom is 0.345 e. The van der Waals surface area contributed by atoms with E-state index in [0.717, 1.165) is 22.6 Å². The Morgan fingerprint density at radius 3 is 2.68 bits per heavy atom. The summed E-state index contributed by atoms with van der Waals surface area (Å²) in [4.78, 5) is 27.3. The quantitative estimate of drug-likeness (QED) is 0.896. The molecule has 2 aromatic rings. The number of rotatable bonds is 4. The van der Waals surface area contributed by atoms with Crippen molar-refractivity contribution >= 4 is 23.2 Å². The Bertz CT molecular complexity index is 622. The molecule has 0 unspecified atom stereocenters. The summed E-state index contributed by atoms with van der Waals surface area (Å²) in [5.74, 6) is -1.31. The molecule has 0 aliphatic carbocycles. The third-order valence-electron chi connectivity index (χ3n) is 2.57. The molecule has 0 saturated heterocycles. The van der Waals surface area contributed by atoms with E-state index in [1.807, 2.05) is 19.1 Å². The molecule has 2 heterocycles. The highest BCUT2D eigenvalue weighted by atomic mass is 32.1. The number of carboxylic acids is 1. The van der Waals surface area contributed by atoms with Crippen LogP contribution in [0.5, 0.6) is 0 Å². The first-order chi connectivity index (χ1) is 9.08. The number of nitrogens with zero attached hydrogens (tertiary/aromatic N) is 1. The largest absolute Gasteiger partial charge is 0.477 e. The number of carbonyl (C=O) groups is 2. The molecule has 0 aromatic carbocycles. The van der Waals surface area contributed by atoms with Gasteiger partial charge >= 0.3 is 5.97 Å². The summed E-state index contributed by atoms with van der Waals surface area (Å²) in [5, 5.41) is 11.5. The smallest absolute Gasteiger partial charge is 0.345 e. The molecule has 0 saturated carbocycles. The molecular weight excluding hydrogens is 264 g/mol. The summed E-state index contributed by atoms with van der Waals surface area (Å²) >= 11 is 0.956. The highest BCUT2D eigenvalue weighted by molar-refractivity contribution is 7.15. The van der Waals surface area contributed by atoms with E-state index in [-0.39, 0.29) is 10.8 Å². The standard InChI is InChI=1S/C13H12N2O3S/c1-8-3-2-6-14-9(8)7-15-12(16)10-4-5-11(19-10)13(17)18/h2-6H,7H2,1H3,(H,15,16)(H,17,18). The molecule has 0 bridgehead atoms. The van der Waals surface area contributed by atoms with Crippen LogP contribution in [0.4, 0.5) is 0 Å². The lowest BCUT2D eigenvalue weighted by atomic mass is 10.2. The number of aryl methyl sites for hydroxylation is 1. The van der Waals surface area contributed by atoms with Crippen molar-refractivity contribution in [2.24, 2.45) is 0 Å². The van der Waals surface area contributed by atoms with Crippen molar-refractivity contribution in [3.05, 3.63) is 51.5 Å². The second-order valence-corrected chi connectivity index (χ2v) is 5.00. The Balaban J connectivity index is 2.01. The molecule has 2 aromatic heterocycles. The number of hydrogen-bond donors (Lipinski definition) is 2. The fourth-order valence-electron chi connectivity index (χ4n) is 1.53. The SMILES string of the molecule is Cc1cccnc1CNC(=O)c1ccc(C(=O)O)s1. The molecule has 98 valence electrons. The first-order valence-corrected chi connectivity index (χ1v) is 6.41. The molecule has 0 fully saturated rings. The summed E-state index contributed by atoms with van der Waals surface area (Å²) < 4.78 is 0. The lowest BCUT2D eigenvalue weighted by Crippen LogP contribution is -2.22. The molecule has 2 N–H and O–H groups in total. The van der Waals surface area contributed by atoms with Gasteiger partial charge in [-0.3, -0.25) is 9.78 Å². The van der Waals surface area contributed by atoms with Gasteiger partial charge in [0.1, 0.15) is 4.88 Å². The van der Waals surface area contributed by atoms with E-state index < -0.39 is 5.97 Å². The summed E-state index contributed by atoms with van der Waals surface area (Å²) in [6.45, 7) is 2.24. The van der Waals surface area contributed by atoms with E-state index in [9.17, 15) is 9.59 Å². The van der Waals surface area contributed by atoms with E-state index in [1.165, 1.54) is 12.1 Å². The molecule has 0 aliphatic heterocycles. The van der Waals surface area contributed by atoms with Crippen molar-refractivity contribution in [3.63, 3.8) is 0 Å². The Morgan fingerprint density at radius 2 is 2.05 bits per heavy atom. The van der Waals surface area contributed by atoms with E-state index in [2.05, 4.69) is 10.3 Å². The van der Waals surface area contributed by atoms with Crippen LogP contribution in [0.15, 0.2) is 30.5 Å². The minimum Gasteiger partial charge on any atom is -0.477 e. The average Bonchev–Trinajstić information content (AvgIpc) is 2.87. The first-order valence-electron chi connectivity index (χ1n) is 5.60. The van der Waals surface area contributed by atoms with Gasteiger partial charge in [-0.15, -0.1) is 11.3 Å². The normalized spacial score (nSPS) is 10.2. The monoisotopic (exact) mass is 276 g/mol. The van der Waals surface area contributed by atoms with Gasteiger partial charge in [0.05, 0.1) is 17.1 Å². The molecule has 2 rings (SSSR count). The van der Waals surface area contributed by atoms with Crippen LogP contribution in [0, 0.1) is 6.92 Å². The lowest BCUT2D eigenvalue weighted by Gasteiger charge is -2.05. The fourth-order valence-corrected chi connectivity index (χ4v) is 2.29. The van der Waals surface area contributed by atoms with Gasteiger partial charge < -0.3 is 10.4 Å². The Kier molecular flexibility index (Phi) is 3.91. The van der Waals surface area contributed by atoms with Crippen LogP contribution in [0.3, 0.4) is 0 Å². The minimum absolute atomic E-state index is 0.152. The van der Waals surface area contributed by atoms with Crippen LogP contribution in [0.25, 0.3) is 0 Å². The summed E-state index contributed by atoms with van der Waals surface area (Å²) in [5.41, 5.74) is 1.80. The maximum atomic E-state index is 11.8. The second-order valence-electron chi connectivity index (χ2n) is 3.92. The second kappa shape index (κ2) is 5.62. The van der Waals surface area contributed by atoms with Gasteiger partial charge in [0.2, 0.25) is 0 Å². The third-order valence-corrected chi connectivity index (χ3v) is 3.65. The summed E-state index contributed by atoms with van der Waals surface area (Å²) in [6.07, 6.45) is 1.67. The predicted molar refractivity (Wildman–Crippen MR) is 71.4 cm³/mol. The fraction of sp³-hybridized carbons (Fsp3) is 0.154. The Hall–Kier alpha value is -2.21. The number of amides is 1. The van der Waals surface area contributed by atoms with Crippen molar-refractivity contribution in [1.29, 1.82) is 0 Å². The molecule has 0 radical (unpaired) electrons. The van der Waals surface area contributed by atoms with Gasteiger partial charge in [0.25, 0.3) is 5.91 Å². The van der Waals surface area contributed by atoms with Crippen LogP contribution >= 0.6 is 11.3 Å². The maximum absolute atomic E-state index is 11.8. The lowest BCUT2D eigenvalue weighted by molar-refractivity contribution is 0.0702. The van der Waals surface area contributed by atoms with Gasteiger partial charge in [0, 0.05) is 6.20 Å². The zero-order chi connectivity index (χ0) is 13.8. The minimum atomic E-state index is -1.02. The number of nitrogens with one attached hydrogen (secondary N) is 1. The summed E-state index contributed by atoms with van der Waals surface area (Å²) in [6, 6.07) is 6.68. The number of hydrogen-bond acceptors (Lipinski definition) is 4. The molecule has 19 heavy (non-hydrogen) atoms. The zero-order valence-corrected chi connectivity index (χ0v) is 11.0. The number of aromatic nitrogens is 1. The third kappa shape index (κ3) is 3.17. The molecular formula is C13H12N2O3S. The summed E-state index contributed by atoms with van der Waals surface area (Å²) in [7, 11) is 0. The van der Waals surface area contributed by atoms with Crippen molar-refractivity contribution in [1.82, 2.24) is 10.3 Å². The van der Waals surface area contributed by atoms with Gasteiger partial charge in [-0.1, -0.05) is 6.07 Å². The zero-order valence-electron chi connectivity index (χ0n) is 10.2. The number of carbonyl (C=O) groups excluding carboxylic acids is 1. The molecule has 1 amide bonds. The molecule has 6 heteroatoms. The van der Waals surface area contributed by atoms with Crippen LogP contribution in [0.1, 0.15) is 30.6 Å². The number of pyridine rings is 1. The van der Waals surface area contributed by atoms with Crippen molar-refractivity contribution < 1.29 is 14.7 Å².